The maximum atomic E-state index is 12.4. The lowest BCUT2D eigenvalue weighted by Gasteiger charge is -2.16. The largest absolute Gasteiger partial charge is 0.462 e. The number of furan rings is 1. The van der Waals surface area contributed by atoms with Crippen molar-refractivity contribution < 1.29 is 14.0 Å². The van der Waals surface area contributed by atoms with E-state index in [-0.39, 0.29) is 18.2 Å². The Labute approximate surface area is 160 Å². The van der Waals surface area contributed by atoms with Crippen molar-refractivity contribution in [2.24, 2.45) is 0 Å². The minimum atomic E-state index is -0.124. The number of likely N-dealkylation sites (tertiary alicyclic amines) is 1. The molecule has 3 heterocycles. The summed E-state index contributed by atoms with van der Waals surface area (Å²) in [7, 11) is 0. The smallest absolute Gasteiger partial charge is 0.230 e. The van der Waals surface area contributed by atoms with Gasteiger partial charge in [0.1, 0.15) is 0 Å². The molecule has 2 aromatic heterocycles. The molecule has 0 spiro atoms. The van der Waals surface area contributed by atoms with E-state index < -0.39 is 0 Å². The van der Waals surface area contributed by atoms with Crippen LogP contribution in [0.4, 0.5) is 5.69 Å². The molecule has 1 aliphatic rings. The standard InChI is InChI=1S/C20H19N3O3S/c24-18(11-16-13-27-20(22-16)17-6-3-9-26-17)21-15-5-1-4-14(10-15)12-23-8-2-7-19(23)25/h1,3-6,9-10,13H,2,7-8,11-12H2,(H,21,24). The van der Waals surface area contributed by atoms with Crippen LogP contribution in [0.25, 0.3) is 10.8 Å². The van der Waals surface area contributed by atoms with E-state index in [1.165, 1.54) is 11.3 Å². The number of hydrogen-bond donors (Lipinski definition) is 1. The number of amides is 2. The molecule has 0 bridgehead atoms. The molecule has 138 valence electrons. The number of carbonyl (C=O) groups is 2. The Balaban J connectivity index is 1.37. The molecule has 0 saturated carbocycles. The summed E-state index contributed by atoms with van der Waals surface area (Å²) in [5.41, 5.74) is 2.45. The molecule has 0 unspecified atom stereocenters. The second-order valence-electron chi connectivity index (χ2n) is 6.47. The molecular formula is C20H19N3O3S. The molecule has 1 aliphatic heterocycles. The number of nitrogens with one attached hydrogen (secondary N) is 1. The Hall–Kier alpha value is -2.93. The van der Waals surface area contributed by atoms with Crippen molar-refractivity contribution in [3.05, 3.63) is 59.3 Å². The third-order valence-corrected chi connectivity index (χ3v) is 5.29. The Morgan fingerprint density at radius 1 is 1.30 bits per heavy atom. The van der Waals surface area contributed by atoms with E-state index in [2.05, 4.69) is 10.3 Å². The Morgan fingerprint density at radius 3 is 3.00 bits per heavy atom. The molecule has 27 heavy (non-hydrogen) atoms. The molecule has 2 amide bonds. The van der Waals surface area contributed by atoms with Gasteiger partial charge in [-0.05, 0) is 36.2 Å². The zero-order valence-electron chi connectivity index (χ0n) is 14.7. The highest BCUT2D eigenvalue weighted by molar-refractivity contribution is 7.13. The highest BCUT2D eigenvalue weighted by Crippen LogP contribution is 2.24. The van der Waals surface area contributed by atoms with Crippen LogP contribution in [0, 0.1) is 0 Å². The van der Waals surface area contributed by atoms with Crippen molar-refractivity contribution in [2.45, 2.75) is 25.8 Å². The molecule has 0 aliphatic carbocycles. The molecule has 6 nitrogen and oxygen atoms in total. The fourth-order valence-corrected chi connectivity index (χ4v) is 3.90. The predicted molar refractivity (Wildman–Crippen MR) is 103 cm³/mol. The van der Waals surface area contributed by atoms with Crippen LogP contribution < -0.4 is 5.32 Å². The number of benzene rings is 1. The van der Waals surface area contributed by atoms with Gasteiger partial charge < -0.3 is 14.6 Å². The second-order valence-corrected chi connectivity index (χ2v) is 7.32. The zero-order valence-corrected chi connectivity index (χ0v) is 15.5. The monoisotopic (exact) mass is 381 g/mol. The van der Waals surface area contributed by atoms with Crippen LogP contribution in [0.3, 0.4) is 0 Å². The van der Waals surface area contributed by atoms with Gasteiger partial charge in [0.2, 0.25) is 11.8 Å². The third kappa shape index (κ3) is 4.25. The van der Waals surface area contributed by atoms with Crippen LogP contribution in [-0.4, -0.2) is 28.2 Å². The van der Waals surface area contributed by atoms with Gasteiger partial charge in [-0.15, -0.1) is 11.3 Å². The van der Waals surface area contributed by atoms with Crippen LogP contribution in [0.15, 0.2) is 52.5 Å². The Kier molecular flexibility index (Phi) is 5.02. The summed E-state index contributed by atoms with van der Waals surface area (Å²) in [5.74, 6) is 0.775. The van der Waals surface area contributed by atoms with Gasteiger partial charge in [0.05, 0.1) is 18.4 Å². The van der Waals surface area contributed by atoms with E-state index >= 15 is 0 Å². The van der Waals surface area contributed by atoms with Gasteiger partial charge in [-0.3, -0.25) is 9.59 Å². The summed E-state index contributed by atoms with van der Waals surface area (Å²) in [4.78, 5) is 30.4. The number of nitrogens with zero attached hydrogens (tertiary/aromatic N) is 2. The second kappa shape index (κ2) is 7.75. The van der Waals surface area contributed by atoms with Crippen molar-refractivity contribution >= 4 is 28.8 Å². The Morgan fingerprint density at radius 2 is 2.22 bits per heavy atom. The number of anilines is 1. The first-order chi connectivity index (χ1) is 13.2. The van der Waals surface area contributed by atoms with Gasteiger partial charge >= 0.3 is 0 Å². The van der Waals surface area contributed by atoms with Gasteiger partial charge in [0, 0.05) is 30.6 Å². The lowest BCUT2D eigenvalue weighted by atomic mass is 10.2. The van der Waals surface area contributed by atoms with Crippen molar-refractivity contribution in [2.75, 3.05) is 11.9 Å². The number of aromatic nitrogens is 1. The van der Waals surface area contributed by atoms with Gasteiger partial charge in [0.25, 0.3) is 0 Å². The van der Waals surface area contributed by atoms with Crippen LogP contribution in [0.2, 0.25) is 0 Å². The molecule has 3 aromatic rings. The van der Waals surface area contributed by atoms with E-state index in [0.29, 0.717) is 24.4 Å². The van der Waals surface area contributed by atoms with Gasteiger partial charge in [0.15, 0.2) is 10.8 Å². The molecule has 7 heteroatoms. The van der Waals surface area contributed by atoms with E-state index in [9.17, 15) is 9.59 Å². The van der Waals surface area contributed by atoms with E-state index in [0.717, 1.165) is 29.2 Å². The summed E-state index contributed by atoms with van der Waals surface area (Å²) in [6.07, 6.45) is 3.35. The van der Waals surface area contributed by atoms with Crippen molar-refractivity contribution in [3.8, 4) is 10.8 Å². The van der Waals surface area contributed by atoms with Crippen LogP contribution in [0.1, 0.15) is 24.1 Å². The maximum absolute atomic E-state index is 12.4. The lowest BCUT2D eigenvalue weighted by Crippen LogP contribution is -2.23. The predicted octanol–water partition coefficient (Wildman–Crippen LogP) is 3.71. The summed E-state index contributed by atoms with van der Waals surface area (Å²) < 4.78 is 5.33. The summed E-state index contributed by atoms with van der Waals surface area (Å²) in [6.45, 7) is 1.39. The fraction of sp³-hybridized carbons (Fsp3) is 0.250. The normalized spacial score (nSPS) is 13.9. The Bertz CT molecular complexity index is 949. The minimum Gasteiger partial charge on any atom is -0.462 e. The topological polar surface area (TPSA) is 75.4 Å². The molecule has 1 aromatic carbocycles. The van der Waals surface area contributed by atoms with Crippen LogP contribution in [-0.2, 0) is 22.6 Å². The summed E-state index contributed by atoms with van der Waals surface area (Å²) in [5, 5.41) is 5.54. The molecule has 1 fully saturated rings. The average molecular weight is 381 g/mol. The maximum Gasteiger partial charge on any atom is 0.230 e. The highest BCUT2D eigenvalue weighted by Gasteiger charge is 2.20. The van der Waals surface area contributed by atoms with Gasteiger partial charge in [-0.1, -0.05) is 12.1 Å². The van der Waals surface area contributed by atoms with E-state index in [1.807, 2.05) is 46.7 Å². The van der Waals surface area contributed by atoms with Crippen LogP contribution in [0.5, 0.6) is 0 Å². The molecule has 1 N–H and O–H groups in total. The average Bonchev–Trinajstić information content (AvgIpc) is 3.38. The summed E-state index contributed by atoms with van der Waals surface area (Å²) >= 11 is 1.45. The molecule has 1 saturated heterocycles. The first-order valence-corrected chi connectivity index (χ1v) is 9.70. The number of thiazole rings is 1. The van der Waals surface area contributed by atoms with E-state index in [1.54, 1.807) is 6.26 Å². The third-order valence-electron chi connectivity index (χ3n) is 4.38. The summed E-state index contributed by atoms with van der Waals surface area (Å²) in [6, 6.07) is 11.3. The molecular weight excluding hydrogens is 362 g/mol. The SMILES string of the molecule is O=C(Cc1csc(-c2ccco2)n1)Nc1cccc(CN2CCCC2=O)c1. The first kappa shape index (κ1) is 17.5. The molecule has 4 rings (SSSR count). The minimum absolute atomic E-state index is 0.124. The highest BCUT2D eigenvalue weighted by atomic mass is 32.1. The van der Waals surface area contributed by atoms with E-state index in [4.69, 9.17) is 4.42 Å². The number of hydrogen-bond acceptors (Lipinski definition) is 5. The lowest BCUT2D eigenvalue weighted by molar-refractivity contribution is -0.128. The zero-order chi connectivity index (χ0) is 18.6. The quantitative estimate of drug-likeness (QED) is 0.706. The first-order valence-electron chi connectivity index (χ1n) is 8.82. The molecule has 0 radical (unpaired) electrons. The number of carbonyl (C=O) groups excluding carboxylic acids is 2. The number of rotatable bonds is 6. The van der Waals surface area contributed by atoms with Crippen molar-refractivity contribution in [1.29, 1.82) is 0 Å². The van der Waals surface area contributed by atoms with Crippen LogP contribution >= 0.6 is 11.3 Å². The van der Waals surface area contributed by atoms with Crippen molar-refractivity contribution in [1.82, 2.24) is 9.88 Å². The molecule has 0 atom stereocenters. The van der Waals surface area contributed by atoms with Crippen molar-refractivity contribution in [3.63, 3.8) is 0 Å². The van der Waals surface area contributed by atoms with Gasteiger partial charge in [-0.2, -0.15) is 0 Å². The fourth-order valence-electron chi connectivity index (χ4n) is 3.11. The van der Waals surface area contributed by atoms with Gasteiger partial charge in [-0.25, -0.2) is 4.98 Å².